The largest absolute Gasteiger partial charge is 0.378 e. The van der Waals surface area contributed by atoms with Crippen molar-refractivity contribution in [3.05, 3.63) is 39.6 Å². The SMILES string of the molecule is CCc1nnc(NC(=O)CSc2nnc(CNc3ccc(C)c(Cl)c3)n2C)s1. The molecule has 2 N–H and O–H groups in total. The molecule has 0 aliphatic heterocycles. The molecule has 0 radical (unpaired) electrons. The molecule has 0 aliphatic rings. The van der Waals surface area contributed by atoms with Gasteiger partial charge in [-0.05, 0) is 31.0 Å². The summed E-state index contributed by atoms with van der Waals surface area (Å²) in [5.41, 5.74) is 1.94. The summed E-state index contributed by atoms with van der Waals surface area (Å²) in [5, 5.41) is 25.1. The number of anilines is 2. The van der Waals surface area contributed by atoms with Crippen LogP contribution < -0.4 is 10.6 Å². The van der Waals surface area contributed by atoms with Crippen molar-refractivity contribution in [1.29, 1.82) is 0 Å². The van der Waals surface area contributed by atoms with Gasteiger partial charge in [-0.1, -0.05) is 47.7 Å². The lowest BCUT2D eigenvalue weighted by Gasteiger charge is -2.08. The van der Waals surface area contributed by atoms with Crippen LogP contribution in [0.25, 0.3) is 0 Å². The van der Waals surface area contributed by atoms with E-state index in [1.165, 1.54) is 23.1 Å². The van der Waals surface area contributed by atoms with Crippen LogP contribution in [0.4, 0.5) is 10.8 Å². The summed E-state index contributed by atoms with van der Waals surface area (Å²) in [4.78, 5) is 12.1. The Labute approximate surface area is 176 Å². The Morgan fingerprint density at radius 2 is 2.11 bits per heavy atom. The average molecular weight is 438 g/mol. The fourth-order valence-corrected chi connectivity index (χ4v) is 3.85. The summed E-state index contributed by atoms with van der Waals surface area (Å²) in [6.07, 6.45) is 0.798. The van der Waals surface area contributed by atoms with Gasteiger partial charge in [-0.3, -0.25) is 10.1 Å². The normalized spacial score (nSPS) is 10.9. The van der Waals surface area contributed by atoms with Gasteiger partial charge < -0.3 is 9.88 Å². The van der Waals surface area contributed by atoms with Crippen LogP contribution in [0.3, 0.4) is 0 Å². The van der Waals surface area contributed by atoms with Crippen LogP contribution >= 0.6 is 34.7 Å². The molecule has 0 saturated heterocycles. The number of hydrogen-bond acceptors (Lipinski definition) is 8. The zero-order valence-corrected chi connectivity index (χ0v) is 18.1. The van der Waals surface area contributed by atoms with Crippen molar-refractivity contribution in [2.24, 2.45) is 7.05 Å². The van der Waals surface area contributed by atoms with Crippen molar-refractivity contribution in [3.63, 3.8) is 0 Å². The number of benzene rings is 1. The number of aromatic nitrogens is 5. The van der Waals surface area contributed by atoms with E-state index in [2.05, 4.69) is 31.0 Å². The Balaban J connectivity index is 1.52. The summed E-state index contributed by atoms with van der Waals surface area (Å²) in [6.45, 7) is 4.46. The lowest BCUT2D eigenvalue weighted by molar-refractivity contribution is -0.113. The molecule has 0 saturated carbocycles. The number of amides is 1. The van der Waals surface area contributed by atoms with E-state index in [0.717, 1.165) is 28.5 Å². The van der Waals surface area contributed by atoms with E-state index in [-0.39, 0.29) is 11.7 Å². The van der Waals surface area contributed by atoms with E-state index in [9.17, 15) is 4.79 Å². The molecule has 28 heavy (non-hydrogen) atoms. The summed E-state index contributed by atoms with van der Waals surface area (Å²) >= 11 is 8.85. The van der Waals surface area contributed by atoms with E-state index in [1.54, 1.807) is 0 Å². The standard InChI is InChI=1S/C17H20ClN7OS2/c1-4-15-22-23-16(28-15)20-14(26)9-27-17-24-21-13(25(17)3)8-19-11-6-5-10(2)12(18)7-11/h5-7,19H,4,8-9H2,1-3H3,(H,20,23,26). The number of halogens is 1. The third-order valence-corrected chi connectivity index (χ3v) is 6.31. The number of nitrogens with one attached hydrogen (secondary N) is 2. The quantitative estimate of drug-likeness (QED) is 0.520. The minimum atomic E-state index is -0.152. The molecule has 148 valence electrons. The number of hydrogen-bond donors (Lipinski definition) is 2. The average Bonchev–Trinajstić information content (AvgIpc) is 3.27. The maximum atomic E-state index is 12.1. The van der Waals surface area contributed by atoms with Gasteiger partial charge in [0.2, 0.25) is 11.0 Å². The first-order valence-electron chi connectivity index (χ1n) is 8.59. The highest BCUT2D eigenvalue weighted by Gasteiger charge is 2.13. The molecule has 2 aromatic heterocycles. The second kappa shape index (κ2) is 9.35. The predicted octanol–water partition coefficient (Wildman–Crippen LogP) is 3.53. The molecule has 0 spiro atoms. The first-order valence-corrected chi connectivity index (χ1v) is 10.8. The van der Waals surface area contributed by atoms with E-state index in [4.69, 9.17) is 11.6 Å². The highest BCUT2D eigenvalue weighted by atomic mass is 35.5. The molecule has 3 aromatic rings. The van der Waals surface area contributed by atoms with Gasteiger partial charge in [0.15, 0.2) is 11.0 Å². The van der Waals surface area contributed by atoms with Crippen LogP contribution in [-0.2, 0) is 24.8 Å². The fourth-order valence-electron chi connectivity index (χ4n) is 2.24. The predicted molar refractivity (Wildman–Crippen MR) is 113 cm³/mol. The van der Waals surface area contributed by atoms with Crippen LogP contribution in [0.2, 0.25) is 5.02 Å². The van der Waals surface area contributed by atoms with Crippen molar-refractivity contribution in [2.75, 3.05) is 16.4 Å². The summed E-state index contributed by atoms with van der Waals surface area (Å²) in [7, 11) is 1.87. The summed E-state index contributed by atoms with van der Waals surface area (Å²) in [6, 6.07) is 5.81. The Bertz CT molecular complexity index is 972. The van der Waals surface area contributed by atoms with Crippen molar-refractivity contribution in [2.45, 2.75) is 32.0 Å². The molecule has 1 amide bonds. The smallest absolute Gasteiger partial charge is 0.236 e. The van der Waals surface area contributed by atoms with Gasteiger partial charge in [-0.25, -0.2) is 0 Å². The van der Waals surface area contributed by atoms with Gasteiger partial charge in [0.1, 0.15) is 5.01 Å². The maximum absolute atomic E-state index is 12.1. The highest BCUT2D eigenvalue weighted by molar-refractivity contribution is 7.99. The van der Waals surface area contributed by atoms with Crippen LogP contribution in [-0.4, -0.2) is 36.6 Å². The van der Waals surface area contributed by atoms with Crippen LogP contribution in [0, 0.1) is 6.92 Å². The van der Waals surface area contributed by atoms with Gasteiger partial charge in [-0.15, -0.1) is 20.4 Å². The molecule has 3 rings (SSSR count). The molecule has 0 aliphatic carbocycles. The van der Waals surface area contributed by atoms with Crippen molar-refractivity contribution < 1.29 is 4.79 Å². The van der Waals surface area contributed by atoms with Crippen molar-refractivity contribution in [3.8, 4) is 0 Å². The number of rotatable bonds is 8. The third kappa shape index (κ3) is 5.21. The molecule has 8 nitrogen and oxygen atoms in total. The summed E-state index contributed by atoms with van der Waals surface area (Å²) in [5.74, 6) is 0.825. The van der Waals surface area contributed by atoms with Gasteiger partial charge >= 0.3 is 0 Å². The fraction of sp³-hybridized carbons (Fsp3) is 0.353. The number of carbonyl (C=O) groups is 1. The zero-order valence-electron chi connectivity index (χ0n) is 15.7. The van der Waals surface area contributed by atoms with E-state index >= 15 is 0 Å². The molecule has 0 bridgehead atoms. The number of aryl methyl sites for hydroxylation is 2. The van der Waals surface area contributed by atoms with E-state index in [0.29, 0.717) is 21.9 Å². The van der Waals surface area contributed by atoms with Crippen molar-refractivity contribution >= 4 is 51.4 Å². The highest BCUT2D eigenvalue weighted by Crippen LogP contribution is 2.21. The van der Waals surface area contributed by atoms with Crippen molar-refractivity contribution in [1.82, 2.24) is 25.0 Å². The molecular formula is C17H20ClN7OS2. The zero-order chi connectivity index (χ0) is 20.1. The molecule has 0 fully saturated rings. The van der Waals surface area contributed by atoms with Gasteiger partial charge in [0, 0.05) is 17.8 Å². The van der Waals surface area contributed by atoms with E-state index in [1.807, 2.05) is 43.7 Å². The molecule has 0 unspecified atom stereocenters. The Kier molecular flexibility index (Phi) is 6.87. The third-order valence-electron chi connectivity index (χ3n) is 3.90. The number of carbonyl (C=O) groups excluding carboxylic acids is 1. The van der Waals surface area contributed by atoms with Gasteiger partial charge in [-0.2, -0.15) is 0 Å². The van der Waals surface area contributed by atoms with Crippen LogP contribution in [0.15, 0.2) is 23.4 Å². The number of nitrogens with zero attached hydrogens (tertiary/aromatic N) is 5. The van der Waals surface area contributed by atoms with Gasteiger partial charge in [0.25, 0.3) is 0 Å². The topological polar surface area (TPSA) is 97.6 Å². The Morgan fingerprint density at radius 1 is 1.29 bits per heavy atom. The molecule has 11 heteroatoms. The minimum absolute atomic E-state index is 0.152. The summed E-state index contributed by atoms with van der Waals surface area (Å²) < 4.78 is 1.86. The maximum Gasteiger partial charge on any atom is 0.236 e. The van der Waals surface area contributed by atoms with Crippen LogP contribution in [0.1, 0.15) is 23.3 Å². The Hall–Kier alpha value is -2.17. The molecule has 2 heterocycles. The van der Waals surface area contributed by atoms with Gasteiger partial charge in [0.05, 0.1) is 12.3 Å². The van der Waals surface area contributed by atoms with E-state index < -0.39 is 0 Å². The second-order valence-corrected chi connectivity index (χ2v) is 8.38. The first kappa shape index (κ1) is 20.6. The lowest BCUT2D eigenvalue weighted by Crippen LogP contribution is -2.14. The monoisotopic (exact) mass is 437 g/mol. The second-order valence-electron chi connectivity index (χ2n) is 5.97. The first-order chi connectivity index (χ1) is 13.5. The Morgan fingerprint density at radius 3 is 2.82 bits per heavy atom. The van der Waals surface area contributed by atoms with Crippen LogP contribution in [0.5, 0.6) is 0 Å². The number of thioether (sulfide) groups is 1. The lowest BCUT2D eigenvalue weighted by atomic mass is 10.2. The minimum Gasteiger partial charge on any atom is -0.378 e. The molecular weight excluding hydrogens is 418 g/mol. The molecule has 0 atom stereocenters. The molecule has 1 aromatic carbocycles.